The summed E-state index contributed by atoms with van der Waals surface area (Å²) in [5, 5.41) is 16.7. The van der Waals surface area contributed by atoms with E-state index in [-0.39, 0.29) is 17.9 Å². The van der Waals surface area contributed by atoms with Crippen LogP contribution in [0.15, 0.2) is 48.7 Å². The number of aromatic nitrogens is 1. The first-order valence-electron chi connectivity index (χ1n) is 13.7. The van der Waals surface area contributed by atoms with Crippen molar-refractivity contribution in [3.05, 3.63) is 54.2 Å². The van der Waals surface area contributed by atoms with Crippen molar-refractivity contribution in [3.8, 4) is 11.3 Å². The Morgan fingerprint density at radius 2 is 1.97 bits per heavy atom. The summed E-state index contributed by atoms with van der Waals surface area (Å²) in [5.74, 6) is -0.0835. The van der Waals surface area contributed by atoms with Crippen molar-refractivity contribution in [3.63, 3.8) is 0 Å². The maximum Gasteiger partial charge on any atom is 0.408 e. The van der Waals surface area contributed by atoms with Gasteiger partial charge in [-0.05, 0) is 82.7 Å². The molecule has 0 aliphatic carbocycles. The molecule has 1 fully saturated rings. The second-order valence-corrected chi connectivity index (χ2v) is 11.6. The molecular weight excluding hydrogens is 480 g/mol. The summed E-state index contributed by atoms with van der Waals surface area (Å²) in [5.41, 5.74) is 2.62. The number of amides is 2. The van der Waals surface area contributed by atoms with Gasteiger partial charge in [0.2, 0.25) is 5.91 Å². The minimum absolute atomic E-state index is 0.200. The quantitative estimate of drug-likeness (QED) is 0.455. The summed E-state index contributed by atoms with van der Waals surface area (Å²) in [6, 6.07) is 13.2. The van der Waals surface area contributed by atoms with E-state index in [4.69, 9.17) is 4.74 Å². The summed E-state index contributed by atoms with van der Waals surface area (Å²) in [4.78, 5) is 32.2. The average Bonchev–Trinajstić information content (AvgIpc) is 3.02. The first-order chi connectivity index (χ1) is 18.0. The Morgan fingerprint density at radius 3 is 2.66 bits per heavy atom. The fraction of sp³-hybridized carbons (Fsp3) is 0.567. The molecule has 2 heterocycles. The SMILES string of the molecule is CC(C)C[C@H](NC(=O)OC(C)(C)C)C(=O)NC1CCCN(CCc2cccc(-c3ccccn3)c2)CC1O. The number of pyridine rings is 1. The standard InChI is InChI=1S/C30H44N4O4/c1-21(2)18-26(33-29(37)38-30(3,4)5)28(36)32-25-13-9-16-34(20-27(25)35)17-14-22-10-8-11-23(19-22)24-12-6-7-15-31-24/h6-8,10-12,15,19,21,25-27,35H,9,13-14,16-18,20H2,1-5H3,(H,32,36)(H,33,37)/t25?,26-,27?/m0/s1. The Balaban J connectivity index is 1.55. The number of nitrogens with one attached hydrogen (secondary N) is 2. The van der Waals surface area contributed by atoms with Gasteiger partial charge in [0.05, 0.1) is 17.8 Å². The fourth-order valence-electron chi connectivity index (χ4n) is 4.72. The Hall–Kier alpha value is -2.97. The monoisotopic (exact) mass is 524 g/mol. The van der Waals surface area contributed by atoms with E-state index in [1.165, 1.54) is 5.56 Å². The third-order valence-electron chi connectivity index (χ3n) is 6.55. The fourth-order valence-corrected chi connectivity index (χ4v) is 4.72. The van der Waals surface area contributed by atoms with Gasteiger partial charge in [0, 0.05) is 24.8 Å². The van der Waals surface area contributed by atoms with Crippen LogP contribution in [0.2, 0.25) is 0 Å². The van der Waals surface area contributed by atoms with Gasteiger partial charge in [-0.3, -0.25) is 9.78 Å². The molecule has 2 aromatic rings. The molecule has 208 valence electrons. The zero-order chi connectivity index (χ0) is 27.7. The molecule has 1 aromatic heterocycles. The molecule has 3 rings (SSSR count). The zero-order valence-electron chi connectivity index (χ0n) is 23.4. The smallest absolute Gasteiger partial charge is 0.408 e. The van der Waals surface area contributed by atoms with Crippen LogP contribution in [-0.2, 0) is 16.0 Å². The molecule has 1 aliphatic heterocycles. The number of hydrogen-bond acceptors (Lipinski definition) is 6. The van der Waals surface area contributed by atoms with Crippen molar-refractivity contribution in [2.24, 2.45) is 5.92 Å². The van der Waals surface area contributed by atoms with E-state index in [2.05, 4.69) is 44.8 Å². The largest absolute Gasteiger partial charge is 0.444 e. The van der Waals surface area contributed by atoms with Crippen LogP contribution in [-0.4, -0.2) is 70.4 Å². The van der Waals surface area contributed by atoms with Crippen LogP contribution >= 0.6 is 0 Å². The van der Waals surface area contributed by atoms with Gasteiger partial charge in [-0.15, -0.1) is 0 Å². The molecule has 3 atom stereocenters. The highest BCUT2D eigenvalue weighted by molar-refractivity contribution is 5.86. The van der Waals surface area contributed by atoms with Gasteiger partial charge in [-0.2, -0.15) is 0 Å². The van der Waals surface area contributed by atoms with Crippen LogP contribution < -0.4 is 10.6 Å². The summed E-state index contributed by atoms with van der Waals surface area (Å²) in [6.45, 7) is 11.5. The topological polar surface area (TPSA) is 104 Å². The van der Waals surface area contributed by atoms with Crippen molar-refractivity contribution in [2.75, 3.05) is 19.6 Å². The number of rotatable bonds is 9. The normalized spacial score (nSPS) is 19.4. The molecule has 0 bridgehead atoms. The molecule has 0 spiro atoms. The van der Waals surface area contributed by atoms with E-state index in [0.29, 0.717) is 19.4 Å². The number of aliphatic hydroxyl groups is 1. The Morgan fingerprint density at radius 1 is 1.18 bits per heavy atom. The number of likely N-dealkylation sites (tertiary alicyclic amines) is 1. The second-order valence-electron chi connectivity index (χ2n) is 11.6. The summed E-state index contributed by atoms with van der Waals surface area (Å²) in [6.07, 6.45) is 3.39. The number of hydrogen-bond donors (Lipinski definition) is 3. The molecule has 2 unspecified atom stereocenters. The minimum Gasteiger partial charge on any atom is -0.444 e. The molecule has 0 saturated carbocycles. The Kier molecular flexibility index (Phi) is 10.7. The minimum atomic E-state index is -0.720. The molecule has 3 N–H and O–H groups in total. The van der Waals surface area contributed by atoms with Gasteiger partial charge in [0.25, 0.3) is 0 Å². The maximum atomic E-state index is 13.1. The van der Waals surface area contributed by atoms with Crippen LogP contribution in [0, 0.1) is 5.92 Å². The van der Waals surface area contributed by atoms with Gasteiger partial charge >= 0.3 is 6.09 Å². The van der Waals surface area contributed by atoms with Gasteiger partial charge in [-0.1, -0.05) is 38.1 Å². The number of ether oxygens (including phenoxy) is 1. The maximum absolute atomic E-state index is 13.1. The lowest BCUT2D eigenvalue weighted by molar-refractivity contribution is -0.125. The van der Waals surface area contributed by atoms with E-state index in [1.54, 1.807) is 27.0 Å². The lowest BCUT2D eigenvalue weighted by Gasteiger charge is -2.28. The van der Waals surface area contributed by atoms with E-state index in [0.717, 1.165) is 37.2 Å². The molecule has 1 aliphatic rings. The number of benzene rings is 1. The van der Waals surface area contributed by atoms with Crippen LogP contribution in [0.5, 0.6) is 0 Å². The summed E-state index contributed by atoms with van der Waals surface area (Å²) >= 11 is 0. The number of nitrogens with zero attached hydrogens (tertiary/aromatic N) is 2. The van der Waals surface area contributed by atoms with E-state index < -0.39 is 23.8 Å². The van der Waals surface area contributed by atoms with Crippen LogP contribution in [0.25, 0.3) is 11.3 Å². The number of carbonyl (C=O) groups is 2. The van der Waals surface area contributed by atoms with E-state index in [9.17, 15) is 14.7 Å². The predicted octanol–water partition coefficient (Wildman–Crippen LogP) is 4.17. The van der Waals surface area contributed by atoms with Crippen LogP contribution in [0.4, 0.5) is 4.79 Å². The third-order valence-corrected chi connectivity index (χ3v) is 6.55. The van der Waals surface area contributed by atoms with Crippen LogP contribution in [0.3, 0.4) is 0 Å². The Bertz CT molecular complexity index is 1040. The molecule has 8 heteroatoms. The average molecular weight is 525 g/mol. The molecule has 0 radical (unpaired) electrons. The van der Waals surface area contributed by atoms with E-state index in [1.807, 2.05) is 32.0 Å². The molecule has 1 aromatic carbocycles. The molecule has 2 amide bonds. The molecular formula is C30H44N4O4. The highest BCUT2D eigenvalue weighted by Crippen LogP contribution is 2.19. The first-order valence-corrected chi connectivity index (χ1v) is 13.7. The lowest BCUT2D eigenvalue weighted by atomic mass is 10.0. The Labute approximate surface area is 227 Å². The van der Waals surface area contributed by atoms with Gasteiger partial charge in [0.15, 0.2) is 0 Å². The highest BCUT2D eigenvalue weighted by Gasteiger charge is 2.31. The van der Waals surface area contributed by atoms with Gasteiger partial charge in [0.1, 0.15) is 11.6 Å². The number of alkyl carbamates (subject to hydrolysis) is 1. The summed E-state index contributed by atoms with van der Waals surface area (Å²) in [7, 11) is 0. The number of β-amino-alcohol motifs (C(OH)–C–C–N with tert-alkyl or cyclic N) is 1. The first kappa shape index (κ1) is 29.6. The molecule has 38 heavy (non-hydrogen) atoms. The molecule has 1 saturated heterocycles. The van der Waals surface area contributed by atoms with Crippen molar-refractivity contribution in [2.45, 2.75) is 84.1 Å². The summed E-state index contributed by atoms with van der Waals surface area (Å²) < 4.78 is 5.35. The van der Waals surface area contributed by atoms with Gasteiger partial charge in [-0.25, -0.2) is 4.79 Å². The molecule has 8 nitrogen and oxygen atoms in total. The number of carbonyl (C=O) groups excluding carboxylic acids is 2. The zero-order valence-corrected chi connectivity index (χ0v) is 23.4. The van der Waals surface area contributed by atoms with Crippen molar-refractivity contribution < 1.29 is 19.4 Å². The predicted molar refractivity (Wildman–Crippen MR) is 150 cm³/mol. The highest BCUT2D eigenvalue weighted by atomic mass is 16.6. The third kappa shape index (κ3) is 9.72. The van der Waals surface area contributed by atoms with Crippen molar-refractivity contribution in [1.82, 2.24) is 20.5 Å². The van der Waals surface area contributed by atoms with Gasteiger partial charge < -0.3 is 25.4 Å². The lowest BCUT2D eigenvalue weighted by Crippen LogP contribution is -2.54. The second kappa shape index (κ2) is 13.7. The van der Waals surface area contributed by atoms with Crippen LogP contribution in [0.1, 0.15) is 59.4 Å². The van der Waals surface area contributed by atoms with Crippen molar-refractivity contribution in [1.29, 1.82) is 0 Å². The van der Waals surface area contributed by atoms with Crippen molar-refractivity contribution >= 4 is 12.0 Å². The number of aliphatic hydroxyl groups excluding tert-OH is 1. The van der Waals surface area contributed by atoms with E-state index >= 15 is 0 Å².